The van der Waals surface area contributed by atoms with Crippen molar-refractivity contribution < 1.29 is 4.74 Å². The molecule has 0 radical (unpaired) electrons. The van der Waals surface area contributed by atoms with E-state index >= 15 is 0 Å². The zero-order chi connectivity index (χ0) is 16.1. The van der Waals surface area contributed by atoms with Crippen LogP contribution >= 0.6 is 11.8 Å². The average molecular weight is 330 g/mol. The molecule has 0 saturated carbocycles. The summed E-state index contributed by atoms with van der Waals surface area (Å²) in [5, 5.41) is 11.2. The maximum Gasteiger partial charge on any atom is 0.154 e. The number of fused-ring (bicyclic) bond motifs is 1. The Kier molecular flexibility index (Phi) is 5.04. The van der Waals surface area contributed by atoms with E-state index in [1.54, 1.807) is 24.3 Å². The van der Waals surface area contributed by atoms with E-state index in [1.165, 1.54) is 0 Å². The minimum Gasteiger partial charge on any atom is -0.360 e. The van der Waals surface area contributed by atoms with Crippen LogP contribution in [0.5, 0.6) is 0 Å². The Balaban J connectivity index is 1.71. The van der Waals surface area contributed by atoms with Gasteiger partial charge < -0.3 is 14.6 Å². The molecule has 0 aromatic carbocycles. The number of rotatable bonds is 7. The molecule has 0 fully saturated rings. The first kappa shape index (κ1) is 15.7. The van der Waals surface area contributed by atoms with E-state index in [9.17, 15) is 0 Å². The van der Waals surface area contributed by atoms with E-state index in [2.05, 4.69) is 31.7 Å². The lowest BCUT2D eigenvalue weighted by Gasteiger charge is -2.06. The van der Waals surface area contributed by atoms with Gasteiger partial charge in [-0.3, -0.25) is 0 Å². The smallest absolute Gasteiger partial charge is 0.154 e. The molecular formula is C15H18N6OS. The monoisotopic (exact) mass is 330 g/mol. The molecule has 0 saturated heterocycles. The number of aryl methyl sites for hydroxylation is 1. The maximum atomic E-state index is 5.60. The van der Waals surface area contributed by atoms with Crippen LogP contribution in [0.1, 0.15) is 5.69 Å². The molecule has 0 unspecified atom stereocenters. The number of imidazole rings is 1. The molecule has 0 aliphatic heterocycles. The first-order valence-electron chi connectivity index (χ1n) is 7.21. The number of nitrogens with zero attached hydrogens (tertiary/aromatic N) is 5. The van der Waals surface area contributed by atoms with Crippen molar-refractivity contribution in [3.05, 3.63) is 36.4 Å². The van der Waals surface area contributed by atoms with Crippen LogP contribution in [0.15, 0.2) is 30.7 Å². The molecule has 8 heteroatoms. The van der Waals surface area contributed by atoms with Gasteiger partial charge in [0.15, 0.2) is 5.82 Å². The molecule has 3 aromatic heterocycles. The van der Waals surface area contributed by atoms with Crippen LogP contribution < -0.4 is 5.32 Å². The maximum absolute atomic E-state index is 5.60. The number of hydrogen-bond donors (Lipinski definition) is 1. The Morgan fingerprint density at radius 1 is 1.22 bits per heavy atom. The third kappa shape index (κ3) is 3.96. The van der Waals surface area contributed by atoms with E-state index < -0.39 is 0 Å². The lowest BCUT2D eigenvalue weighted by atomic mass is 10.4. The van der Waals surface area contributed by atoms with E-state index in [0.29, 0.717) is 18.4 Å². The second-order valence-electron chi connectivity index (χ2n) is 4.99. The van der Waals surface area contributed by atoms with Crippen LogP contribution in [0.2, 0.25) is 0 Å². The molecule has 0 spiro atoms. The van der Waals surface area contributed by atoms with Crippen molar-refractivity contribution in [1.29, 1.82) is 0 Å². The molecule has 3 rings (SSSR count). The topological polar surface area (TPSA) is 77.8 Å². The Labute approximate surface area is 138 Å². The van der Waals surface area contributed by atoms with Gasteiger partial charge in [0.25, 0.3) is 0 Å². The lowest BCUT2D eigenvalue weighted by Crippen LogP contribution is -2.04. The van der Waals surface area contributed by atoms with Crippen molar-refractivity contribution in [2.75, 3.05) is 23.9 Å². The van der Waals surface area contributed by atoms with Crippen molar-refractivity contribution >= 4 is 34.4 Å². The van der Waals surface area contributed by atoms with Gasteiger partial charge in [-0.1, -0.05) is 0 Å². The van der Waals surface area contributed by atoms with E-state index in [0.717, 1.165) is 29.1 Å². The molecule has 0 amide bonds. The molecule has 0 aliphatic carbocycles. The predicted molar refractivity (Wildman–Crippen MR) is 91.9 cm³/mol. The van der Waals surface area contributed by atoms with Crippen LogP contribution in [-0.2, 0) is 11.5 Å². The van der Waals surface area contributed by atoms with Crippen molar-refractivity contribution in [3.63, 3.8) is 0 Å². The molecule has 3 aromatic rings. The highest BCUT2D eigenvalue weighted by Crippen LogP contribution is 2.18. The highest BCUT2D eigenvalue weighted by molar-refractivity contribution is 7.98. The fraction of sp³-hybridized carbons (Fsp3) is 0.333. The summed E-state index contributed by atoms with van der Waals surface area (Å²) in [5.41, 5.74) is 2.67. The molecule has 23 heavy (non-hydrogen) atoms. The molecule has 0 atom stereocenters. The van der Waals surface area contributed by atoms with E-state index in [1.807, 2.05) is 29.7 Å². The Morgan fingerprint density at radius 2 is 2.13 bits per heavy atom. The standard InChI is InChI=1S/C15H18N6OS/c1-11-3-4-14(20-19-11)18-15-7-12-13(8-16-15)21(9-17-12)10-22-5-6-23-2/h3-4,7-9H,5-6,10H2,1-2H3,(H,16,18,20). The number of pyridine rings is 1. The number of anilines is 2. The molecule has 1 N–H and O–H groups in total. The van der Waals surface area contributed by atoms with E-state index in [4.69, 9.17) is 4.74 Å². The third-order valence-electron chi connectivity index (χ3n) is 3.22. The third-order valence-corrected chi connectivity index (χ3v) is 3.80. The minimum atomic E-state index is 0.481. The number of ether oxygens (including phenoxy) is 1. The van der Waals surface area contributed by atoms with Crippen LogP contribution in [0.25, 0.3) is 11.0 Å². The summed E-state index contributed by atoms with van der Waals surface area (Å²) in [7, 11) is 0. The Bertz CT molecular complexity index is 773. The van der Waals surface area contributed by atoms with Crippen LogP contribution in [0, 0.1) is 6.92 Å². The fourth-order valence-corrected chi connectivity index (χ4v) is 2.31. The Morgan fingerprint density at radius 3 is 2.91 bits per heavy atom. The summed E-state index contributed by atoms with van der Waals surface area (Å²) in [5.74, 6) is 2.32. The van der Waals surface area contributed by atoms with Crippen molar-refractivity contribution in [2.24, 2.45) is 0 Å². The van der Waals surface area contributed by atoms with Gasteiger partial charge in [-0.05, 0) is 25.3 Å². The SMILES string of the molecule is CSCCOCn1cnc2cc(Nc3ccc(C)nn3)ncc21. The fourth-order valence-electron chi connectivity index (χ4n) is 2.03. The number of nitrogens with one attached hydrogen (secondary N) is 1. The normalized spacial score (nSPS) is 11.0. The average Bonchev–Trinajstić information content (AvgIpc) is 2.96. The van der Waals surface area contributed by atoms with Gasteiger partial charge in [0.1, 0.15) is 12.5 Å². The van der Waals surface area contributed by atoms with Crippen LogP contribution in [0.4, 0.5) is 11.6 Å². The van der Waals surface area contributed by atoms with Crippen LogP contribution in [-0.4, -0.2) is 43.3 Å². The van der Waals surface area contributed by atoms with Crippen molar-refractivity contribution in [2.45, 2.75) is 13.7 Å². The molecule has 120 valence electrons. The van der Waals surface area contributed by atoms with Gasteiger partial charge in [0, 0.05) is 11.8 Å². The lowest BCUT2D eigenvalue weighted by molar-refractivity contribution is 0.0926. The molecule has 7 nitrogen and oxygen atoms in total. The van der Waals surface area contributed by atoms with Gasteiger partial charge in [-0.15, -0.1) is 5.10 Å². The summed E-state index contributed by atoms with van der Waals surface area (Å²) in [4.78, 5) is 8.80. The second-order valence-corrected chi connectivity index (χ2v) is 5.97. The zero-order valence-electron chi connectivity index (χ0n) is 13.1. The van der Waals surface area contributed by atoms with Gasteiger partial charge in [-0.2, -0.15) is 16.9 Å². The highest BCUT2D eigenvalue weighted by Gasteiger charge is 2.06. The predicted octanol–water partition coefficient (Wildman–Crippen LogP) is 2.61. The summed E-state index contributed by atoms with van der Waals surface area (Å²) in [6, 6.07) is 5.65. The van der Waals surface area contributed by atoms with Crippen LogP contribution in [0.3, 0.4) is 0 Å². The molecule has 0 bridgehead atoms. The van der Waals surface area contributed by atoms with E-state index in [-0.39, 0.29) is 0 Å². The largest absolute Gasteiger partial charge is 0.360 e. The Hall–Kier alpha value is -2.19. The molecule has 0 aliphatic rings. The first-order chi connectivity index (χ1) is 11.3. The minimum absolute atomic E-state index is 0.481. The zero-order valence-corrected chi connectivity index (χ0v) is 13.9. The van der Waals surface area contributed by atoms with Gasteiger partial charge >= 0.3 is 0 Å². The summed E-state index contributed by atoms with van der Waals surface area (Å²) in [6.07, 6.45) is 5.61. The summed E-state index contributed by atoms with van der Waals surface area (Å²) >= 11 is 1.76. The molecular weight excluding hydrogens is 312 g/mol. The first-order valence-corrected chi connectivity index (χ1v) is 8.60. The van der Waals surface area contributed by atoms with Gasteiger partial charge in [0.2, 0.25) is 0 Å². The van der Waals surface area contributed by atoms with Gasteiger partial charge in [0.05, 0.1) is 35.9 Å². The number of aromatic nitrogens is 5. The highest BCUT2D eigenvalue weighted by atomic mass is 32.2. The summed E-state index contributed by atoms with van der Waals surface area (Å²) < 4.78 is 7.55. The number of hydrogen-bond acceptors (Lipinski definition) is 7. The summed E-state index contributed by atoms with van der Waals surface area (Å²) in [6.45, 7) is 3.10. The molecule has 3 heterocycles. The quantitative estimate of drug-likeness (QED) is 0.667. The second kappa shape index (κ2) is 7.38. The van der Waals surface area contributed by atoms with Crippen molar-refractivity contribution in [1.82, 2.24) is 24.7 Å². The number of thioether (sulfide) groups is 1. The van der Waals surface area contributed by atoms with Gasteiger partial charge in [-0.25, -0.2) is 9.97 Å². The van der Waals surface area contributed by atoms with Crippen molar-refractivity contribution in [3.8, 4) is 0 Å².